The number of nitrogens with two attached hydrogens (primary N) is 1. The van der Waals surface area contributed by atoms with Crippen LogP contribution in [-0.4, -0.2) is 24.7 Å². The SMILES string of the molecule is Cc1nc(NCCOCCC(C)C)ccc1N. The van der Waals surface area contributed by atoms with Crippen molar-refractivity contribution in [3.63, 3.8) is 0 Å². The number of ether oxygens (including phenoxy) is 1. The number of nitrogen functional groups attached to an aromatic ring is 1. The van der Waals surface area contributed by atoms with Crippen LogP contribution in [0.4, 0.5) is 11.5 Å². The van der Waals surface area contributed by atoms with Gasteiger partial charge in [0.1, 0.15) is 5.82 Å². The lowest BCUT2D eigenvalue weighted by Gasteiger charge is -2.09. The van der Waals surface area contributed by atoms with E-state index >= 15 is 0 Å². The van der Waals surface area contributed by atoms with E-state index in [2.05, 4.69) is 24.1 Å². The zero-order chi connectivity index (χ0) is 12.7. The number of aryl methyl sites for hydroxylation is 1. The molecule has 1 aromatic heterocycles. The van der Waals surface area contributed by atoms with Gasteiger partial charge in [-0.2, -0.15) is 0 Å². The molecule has 4 nitrogen and oxygen atoms in total. The van der Waals surface area contributed by atoms with Gasteiger partial charge in [-0.15, -0.1) is 0 Å². The summed E-state index contributed by atoms with van der Waals surface area (Å²) in [6, 6.07) is 3.75. The largest absolute Gasteiger partial charge is 0.397 e. The number of anilines is 2. The first-order valence-corrected chi connectivity index (χ1v) is 6.14. The number of aromatic nitrogens is 1. The smallest absolute Gasteiger partial charge is 0.126 e. The predicted molar refractivity (Wildman–Crippen MR) is 72.2 cm³/mol. The highest BCUT2D eigenvalue weighted by Crippen LogP contribution is 2.11. The van der Waals surface area contributed by atoms with Gasteiger partial charge in [-0.25, -0.2) is 4.98 Å². The molecule has 0 spiro atoms. The van der Waals surface area contributed by atoms with Crippen LogP contribution in [0.15, 0.2) is 12.1 Å². The van der Waals surface area contributed by atoms with Gasteiger partial charge >= 0.3 is 0 Å². The minimum atomic E-state index is 0.698. The summed E-state index contributed by atoms with van der Waals surface area (Å²) in [6.45, 7) is 8.60. The summed E-state index contributed by atoms with van der Waals surface area (Å²) in [5.41, 5.74) is 7.28. The van der Waals surface area contributed by atoms with Crippen molar-refractivity contribution < 1.29 is 4.74 Å². The molecule has 17 heavy (non-hydrogen) atoms. The number of rotatable bonds is 7. The van der Waals surface area contributed by atoms with E-state index in [9.17, 15) is 0 Å². The van der Waals surface area contributed by atoms with Crippen molar-refractivity contribution in [2.24, 2.45) is 5.92 Å². The molecule has 0 unspecified atom stereocenters. The van der Waals surface area contributed by atoms with Gasteiger partial charge in [0.25, 0.3) is 0 Å². The van der Waals surface area contributed by atoms with Gasteiger partial charge in [0.15, 0.2) is 0 Å². The van der Waals surface area contributed by atoms with Crippen LogP contribution in [0.2, 0.25) is 0 Å². The maximum atomic E-state index is 5.70. The topological polar surface area (TPSA) is 60.2 Å². The molecule has 1 heterocycles. The van der Waals surface area contributed by atoms with Crippen molar-refractivity contribution in [3.8, 4) is 0 Å². The Morgan fingerprint density at radius 3 is 2.76 bits per heavy atom. The molecule has 0 amide bonds. The van der Waals surface area contributed by atoms with Gasteiger partial charge in [0, 0.05) is 13.2 Å². The van der Waals surface area contributed by atoms with Crippen LogP contribution in [0.5, 0.6) is 0 Å². The van der Waals surface area contributed by atoms with Gasteiger partial charge in [-0.3, -0.25) is 0 Å². The van der Waals surface area contributed by atoms with Crippen molar-refractivity contribution in [3.05, 3.63) is 17.8 Å². The van der Waals surface area contributed by atoms with Crippen LogP contribution in [0.25, 0.3) is 0 Å². The Hall–Kier alpha value is -1.29. The molecule has 0 aromatic carbocycles. The maximum absolute atomic E-state index is 5.70. The van der Waals surface area contributed by atoms with Crippen LogP contribution in [-0.2, 0) is 4.74 Å². The van der Waals surface area contributed by atoms with Crippen LogP contribution in [0, 0.1) is 12.8 Å². The monoisotopic (exact) mass is 237 g/mol. The summed E-state index contributed by atoms with van der Waals surface area (Å²) < 4.78 is 5.51. The highest BCUT2D eigenvalue weighted by Gasteiger charge is 1.98. The Kier molecular flexibility index (Phi) is 5.77. The molecule has 0 bridgehead atoms. The second-order valence-corrected chi connectivity index (χ2v) is 4.59. The van der Waals surface area contributed by atoms with E-state index in [0.717, 1.165) is 36.8 Å². The summed E-state index contributed by atoms with van der Waals surface area (Å²) >= 11 is 0. The lowest BCUT2D eigenvalue weighted by molar-refractivity contribution is 0.132. The Morgan fingerprint density at radius 1 is 1.35 bits per heavy atom. The summed E-state index contributed by atoms with van der Waals surface area (Å²) in [6.07, 6.45) is 1.11. The molecule has 96 valence electrons. The highest BCUT2D eigenvalue weighted by atomic mass is 16.5. The number of nitrogens with one attached hydrogen (secondary N) is 1. The van der Waals surface area contributed by atoms with Gasteiger partial charge in [0.05, 0.1) is 18.0 Å². The van der Waals surface area contributed by atoms with Crippen molar-refractivity contribution >= 4 is 11.5 Å². The van der Waals surface area contributed by atoms with Gasteiger partial charge in [0.2, 0.25) is 0 Å². The fourth-order valence-electron chi connectivity index (χ4n) is 1.34. The molecule has 4 heteroatoms. The van der Waals surface area contributed by atoms with E-state index in [1.807, 2.05) is 19.1 Å². The van der Waals surface area contributed by atoms with E-state index in [1.54, 1.807) is 0 Å². The highest BCUT2D eigenvalue weighted by molar-refractivity contribution is 5.48. The van der Waals surface area contributed by atoms with Crippen LogP contribution in [0.3, 0.4) is 0 Å². The second-order valence-electron chi connectivity index (χ2n) is 4.59. The molecule has 0 saturated carbocycles. The quantitative estimate of drug-likeness (QED) is 0.715. The van der Waals surface area contributed by atoms with Gasteiger partial charge in [-0.1, -0.05) is 13.8 Å². The molecule has 0 aliphatic carbocycles. The average Bonchev–Trinajstić information content (AvgIpc) is 2.27. The third kappa shape index (κ3) is 5.54. The van der Waals surface area contributed by atoms with Crippen molar-refractivity contribution in [1.82, 2.24) is 4.98 Å². The van der Waals surface area contributed by atoms with Crippen LogP contribution >= 0.6 is 0 Å². The van der Waals surface area contributed by atoms with E-state index in [0.29, 0.717) is 12.5 Å². The molecule has 1 aromatic rings. The molecule has 0 fully saturated rings. The standard InChI is InChI=1S/C13H23N3O/c1-10(2)6-8-17-9-7-15-13-5-4-12(14)11(3)16-13/h4-5,10H,6-9,14H2,1-3H3,(H,15,16). The average molecular weight is 237 g/mol. The summed E-state index contributed by atoms with van der Waals surface area (Å²) in [5, 5.41) is 3.21. The van der Waals surface area contributed by atoms with Crippen molar-refractivity contribution in [2.45, 2.75) is 27.2 Å². The van der Waals surface area contributed by atoms with E-state index in [4.69, 9.17) is 10.5 Å². The Labute approximate surface area is 104 Å². The van der Waals surface area contributed by atoms with Gasteiger partial charge in [-0.05, 0) is 31.4 Å². The maximum Gasteiger partial charge on any atom is 0.126 e. The molecule has 1 rings (SSSR count). The first-order chi connectivity index (χ1) is 8.09. The molecular formula is C13H23N3O. The fraction of sp³-hybridized carbons (Fsp3) is 0.615. The number of hydrogen-bond donors (Lipinski definition) is 2. The predicted octanol–water partition coefficient (Wildman–Crippen LogP) is 2.45. The summed E-state index contributed by atoms with van der Waals surface area (Å²) in [5.74, 6) is 1.55. The lowest BCUT2D eigenvalue weighted by Crippen LogP contribution is -2.12. The Morgan fingerprint density at radius 2 is 2.12 bits per heavy atom. The third-order valence-corrected chi connectivity index (χ3v) is 2.52. The second kappa shape index (κ2) is 7.12. The number of nitrogens with zero attached hydrogens (tertiary/aromatic N) is 1. The van der Waals surface area contributed by atoms with Crippen molar-refractivity contribution in [1.29, 1.82) is 0 Å². The fourth-order valence-corrected chi connectivity index (χ4v) is 1.34. The lowest BCUT2D eigenvalue weighted by atomic mass is 10.1. The molecular weight excluding hydrogens is 214 g/mol. The zero-order valence-electron chi connectivity index (χ0n) is 11.0. The normalized spacial score (nSPS) is 10.8. The molecule has 0 aliphatic rings. The van der Waals surface area contributed by atoms with Gasteiger partial charge < -0.3 is 15.8 Å². The number of hydrogen-bond acceptors (Lipinski definition) is 4. The molecule has 3 N–H and O–H groups in total. The Bertz CT molecular complexity index is 339. The van der Waals surface area contributed by atoms with Crippen molar-refractivity contribution in [2.75, 3.05) is 30.8 Å². The zero-order valence-corrected chi connectivity index (χ0v) is 11.0. The molecule has 0 aliphatic heterocycles. The Balaban J connectivity index is 2.16. The van der Waals surface area contributed by atoms with E-state index in [1.165, 1.54) is 0 Å². The van der Waals surface area contributed by atoms with Crippen LogP contribution in [0.1, 0.15) is 26.0 Å². The third-order valence-electron chi connectivity index (χ3n) is 2.52. The van der Waals surface area contributed by atoms with E-state index < -0.39 is 0 Å². The minimum absolute atomic E-state index is 0.698. The first-order valence-electron chi connectivity index (χ1n) is 6.14. The summed E-state index contributed by atoms with van der Waals surface area (Å²) in [7, 11) is 0. The van der Waals surface area contributed by atoms with Crippen LogP contribution < -0.4 is 11.1 Å². The molecule has 0 atom stereocenters. The summed E-state index contributed by atoms with van der Waals surface area (Å²) in [4.78, 5) is 4.33. The van der Waals surface area contributed by atoms with E-state index in [-0.39, 0.29) is 0 Å². The number of pyridine rings is 1. The molecule has 0 saturated heterocycles. The minimum Gasteiger partial charge on any atom is -0.397 e. The first kappa shape index (κ1) is 13.8. The molecule has 0 radical (unpaired) electrons.